The number of aromatic nitrogens is 3. The van der Waals surface area contributed by atoms with Gasteiger partial charge in [-0.2, -0.15) is 0 Å². The lowest BCUT2D eigenvalue weighted by Crippen LogP contribution is -2.07. The van der Waals surface area contributed by atoms with E-state index in [2.05, 4.69) is 30.9 Å². The lowest BCUT2D eigenvalue weighted by molar-refractivity contribution is 0.0987. The summed E-state index contributed by atoms with van der Waals surface area (Å²) in [6, 6.07) is 10.9. The fourth-order valence-electron chi connectivity index (χ4n) is 1.91. The van der Waals surface area contributed by atoms with Gasteiger partial charge in [-0.3, -0.25) is 19.7 Å². The number of Topliss-reactive ketones (excluding diaryl/α,β-unsaturated/α-hetero) is 1. The maximum absolute atomic E-state index is 12.1. The van der Waals surface area contributed by atoms with Crippen LogP contribution in [0.1, 0.15) is 16.2 Å². The smallest absolute Gasteiger partial charge is 0.187 e. The average molecular weight is 328 g/mol. The second-order valence-corrected chi connectivity index (χ2v) is 5.22. The zero-order valence-electron chi connectivity index (χ0n) is 10.5. The topological polar surface area (TPSA) is 55.7 Å². The first kappa shape index (κ1) is 12.9. The molecule has 0 radical (unpaired) electrons. The van der Waals surface area contributed by atoms with Crippen molar-refractivity contribution in [3.05, 3.63) is 64.7 Å². The minimum Gasteiger partial charge on any atom is -0.292 e. The van der Waals surface area contributed by atoms with E-state index in [4.69, 9.17) is 0 Å². The van der Waals surface area contributed by atoms with Crippen LogP contribution in [0.5, 0.6) is 0 Å². The average Bonchev–Trinajstić information content (AvgIpc) is 2.47. The predicted molar refractivity (Wildman–Crippen MR) is 79.5 cm³/mol. The molecular weight excluding hydrogens is 318 g/mol. The molecule has 3 rings (SSSR count). The lowest BCUT2D eigenvalue weighted by Gasteiger charge is -2.02. The number of ketones is 1. The summed E-state index contributed by atoms with van der Waals surface area (Å²) >= 11 is 3.37. The third kappa shape index (κ3) is 2.72. The maximum atomic E-state index is 12.1. The van der Waals surface area contributed by atoms with E-state index in [1.54, 1.807) is 30.6 Å². The maximum Gasteiger partial charge on any atom is 0.187 e. The molecule has 0 fully saturated rings. The molecule has 0 atom stereocenters. The van der Waals surface area contributed by atoms with Gasteiger partial charge in [0.05, 0.1) is 17.5 Å². The van der Waals surface area contributed by atoms with Gasteiger partial charge >= 0.3 is 0 Å². The van der Waals surface area contributed by atoms with Crippen LogP contribution in [-0.2, 0) is 6.42 Å². The highest BCUT2D eigenvalue weighted by Crippen LogP contribution is 2.16. The summed E-state index contributed by atoms with van der Waals surface area (Å²) in [5.41, 5.74) is 2.75. The lowest BCUT2D eigenvalue weighted by atomic mass is 10.1. The van der Waals surface area contributed by atoms with Gasteiger partial charge in [0.1, 0.15) is 5.69 Å². The summed E-state index contributed by atoms with van der Waals surface area (Å²) in [6.07, 6.45) is 3.57. The number of fused-ring (bicyclic) bond motifs is 1. The van der Waals surface area contributed by atoms with Crippen molar-refractivity contribution in [2.75, 3.05) is 0 Å². The Kier molecular flexibility index (Phi) is 3.52. The van der Waals surface area contributed by atoms with Gasteiger partial charge in [0.15, 0.2) is 5.78 Å². The molecular formula is C15H10BrN3O. The van der Waals surface area contributed by atoms with Gasteiger partial charge < -0.3 is 0 Å². The molecule has 0 bridgehead atoms. The summed E-state index contributed by atoms with van der Waals surface area (Å²) in [4.78, 5) is 24.9. The summed E-state index contributed by atoms with van der Waals surface area (Å²) in [5, 5.41) is 0. The van der Waals surface area contributed by atoms with Gasteiger partial charge in [-0.25, -0.2) is 0 Å². The van der Waals surface area contributed by atoms with E-state index in [0.717, 1.165) is 15.5 Å². The summed E-state index contributed by atoms with van der Waals surface area (Å²) < 4.78 is 0.866. The van der Waals surface area contributed by atoms with E-state index in [9.17, 15) is 4.79 Å². The highest BCUT2D eigenvalue weighted by atomic mass is 79.9. The van der Waals surface area contributed by atoms with Crippen LogP contribution in [0.15, 0.2) is 53.3 Å². The first-order valence-electron chi connectivity index (χ1n) is 6.08. The van der Waals surface area contributed by atoms with E-state index in [-0.39, 0.29) is 12.2 Å². The van der Waals surface area contributed by atoms with Crippen molar-refractivity contribution >= 4 is 32.7 Å². The molecule has 98 valence electrons. The number of pyridine rings is 3. The van der Waals surface area contributed by atoms with Crippen molar-refractivity contribution in [1.82, 2.24) is 15.0 Å². The molecule has 0 unspecified atom stereocenters. The van der Waals surface area contributed by atoms with E-state index in [0.29, 0.717) is 11.4 Å². The molecule has 0 saturated heterocycles. The molecule has 0 amide bonds. The zero-order chi connectivity index (χ0) is 13.9. The van der Waals surface area contributed by atoms with Crippen LogP contribution in [0.25, 0.3) is 11.0 Å². The predicted octanol–water partition coefficient (Wildman–Crippen LogP) is 3.21. The molecule has 0 spiro atoms. The highest BCUT2D eigenvalue weighted by Gasteiger charge is 2.09. The third-order valence-corrected chi connectivity index (χ3v) is 3.29. The number of carbonyl (C=O) groups is 1. The van der Waals surface area contributed by atoms with Crippen LogP contribution in [0, 0.1) is 0 Å². The zero-order valence-corrected chi connectivity index (χ0v) is 12.0. The van der Waals surface area contributed by atoms with E-state index < -0.39 is 0 Å². The van der Waals surface area contributed by atoms with Crippen LogP contribution in [0.3, 0.4) is 0 Å². The Morgan fingerprint density at radius 3 is 2.80 bits per heavy atom. The van der Waals surface area contributed by atoms with Gasteiger partial charge in [0.25, 0.3) is 0 Å². The molecule has 3 aromatic heterocycles. The van der Waals surface area contributed by atoms with E-state index in [1.165, 1.54) is 0 Å². The summed E-state index contributed by atoms with van der Waals surface area (Å²) in [5.74, 6) is -0.0413. The molecule has 0 aliphatic carbocycles. The second kappa shape index (κ2) is 5.46. The Hall–Kier alpha value is -2.14. The Labute approximate surface area is 124 Å². The fraction of sp³-hybridized carbons (Fsp3) is 0.0667. The van der Waals surface area contributed by atoms with Crippen molar-refractivity contribution in [2.24, 2.45) is 0 Å². The Balaban J connectivity index is 1.89. The summed E-state index contributed by atoms with van der Waals surface area (Å²) in [7, 11) is 0. The third-order valence-electron chi connectivity index (χ3n) is 2.85. The van der Waals surface area contributed by atoms with E-state index >= 15 is 0 Å². The number of hydrogen-bond donors (Lipinski definition) is 0. The monoisotopic (exact) mass is 327 g/mol. The quantitative estimate of drug-likeness (QED) is 0.693. The summed E-state index contributed by atoms with van der Waals surface area (Å²) in [6.45, 7) is 0. The van der Waals surface area contributed by atoms with Crippen LogP contribution >= 0.6 is 15.9 Å². The van der Waals surface area contributed by atoms with Gasteiger partial charge in [0, 0.05) is 22.6 Å². The molecule has 0 aliphatic heterocycles. The molecule has 3 heterocycles. The SMILES string of the molecule is O=C(Cc1ccc2ncc(Br)cc2n1)c1ccccn1. The minimum atomic E-state index is -0.0413. The van der Waals surface area contributed by atoms with Crippen LogP contribution in [-0.4, -0.2) is 20.7 Å². The highest BCUT2D eigenvalue weighted by molar-refractivity contribution is 9.10. The second-order valence-electron chi connectivity index (χ2n) is 4.31. The van der Waals surface area contributed by atoms with Gasteiger partial charge in [-0.1, -0.05) is 6.07 Å². The van der Waals surface area contributed by atoms with Gasteiger partial charge in [0.2, 0.25) is 0 Å². The normalized spacial score (nSPS) is 10.7. The van der Waals surface area contributed by atoms with Crippen molar-refractivity contribution < 1.29 is 4.79 Å². The van der Waals surface area contributed by atoms with Crippen LogP contribution in [0.2, 0.25) is 0 Å². The Morgan fingerprint density at radius 1 is 1.10 bits per heavy atom. The number of halogens is 1. The van der Waals surface area contributed by atoms with E-state index in [1.807, 2.05) is 18.2 Å². The molecule has 0 aliphatic rings. The van der Waals surface area contributed by atoms with Crippen molar-refractivity contribution in [1.29, 1.82) is 0 Å². The van der Waals surface area contributed by atoms with Crippen LogP contribution in [0.4, 0.5) is 0 Å². The fourth-order valence-corrected chi connectivity index (χ4v) is 2.22. The van der Waals surface area contributed by atoms with Crippen molar-refractivity contribution in [3.8, 4) is 0 Å². The molecule has 3 aromatic rings. The molecule has 0 aromatic carbocycles. The van der Waals surface area contributed by atoms with Crippen molar-refractivity contribution in [3.63, 3.8) is 0 Å². The molecule has 0 N–H and O–H groups in total. The molecule has 0 saturated carbocycles. The van der Waals surface area contributed by atoms with Gasteiger partial charge in [-0.05, 0) is 46.3 Å². The molecule has 4 nitrogen and oxygen atoms in total. The first-order chi connectivity index (χ1) is 9.72. The van der Waals surface area contributed by atoms with Gasteiger partial charge in [-0.15, -0.1) is 0 Å². The molecule has 5 heteroatoms. The first-order valence-corrected chi connectivity index (χ1v) is 6.87. The van der Waals surface area contributed by atoms with Crippen LogP contribution < -0.4 is 0 Å². The number of nitrogens with zero attached hydrogens (tertiary/aromatic N) is 3. The Morgan fingerprint density at radius 2 is 2.00 bits per heavy atom. The number of hydrogen-bond acceptors (Lipinski definition) is 4. The Bertz CT molecular complexity index is 774. The number of carbonyl (C=O) groups excluding carboxylic acids is 1. The standard InChI is InChI=1S/C15H10BrN3O/c16-10-7-14-12(18-9-10)5-4-11(19-14)8-15(20)13-3-1-2-6-17-13/h1-7,9H,8H2. The largest absolute Gasteiger partial charge is 0.292 e. The van der Waals surface area contributed by atoms with Crippen molar-refractivity contribution in [2.45, 2.75) is 6.42 Å². The minimum absolute atomic E-state index is 0.0413. The number of rotatable bonds is 3. The molecule has 20 heavy (non-hydrogen) atoms.